The third-order valence-corrected chi connectivity index (χ3v) is 2.43. The fraction of sp³-hybridized carbons (Fsp3) is 0.231. The van der Waals surface area contributed by atoms with Gasteiger partial charge in [-0.1, -0.05) is 12.1 Å². The van der Waals surface area contributed by atoms with E-state index < -0.39 is 0 Å². The number of halogens is 1. The molecule has 0 saturated heterocycles. The van der Waals surface area contributed by atoms with E-state index in [2.05, 4.69) is 10.2 Å². The van der Waals surface area contributed by atoms with E-state index in [0.29, 0.717) is 18.4 Å². The van der Waals surface area contributed by atoms with Crippen LogP contribution in [0.4, 0.5) is 0 Å². The summed E-state index contributed by atoms with van der Waals surface area (Å²) in [6.07, 6.45) is 3.64. The molecule has 5 heteroatoms. The number of nitrogens with zero attached hydrogens (tertiary/aromatic N) is 2. The van der Waals surface area contributed by atoms with Crippen LogP contribution in [0, 0.1) is 0 Å². The Balaban J connectivity index is 2.04. The summed E-state index contributed by atoms with van der Waals surface area (Å²) >= 11 is 5.57. The van der Waals surface area contributed by atoms with Crippen molar-refractivity contribution in [3.8, 4) is 5.75 Å². The minimum atomic E-state index is 0.226. The average Bonchev–Trinajstić information content (AvgIpc) is 2.86. The first-order valence-electron chi connectivity index (χ1n) is 5.61. The van der Waals surface area contributed by atoms with Crippen molar-refractivity contribution in [3.63, 3.8) is 0 Å². The van der Waals surface area contributed by atoms with Crippen molar-refractivity contribution in [3.05, 3.63) is 41.6 Å². The van der Waals surface area contributed by atoms with Crippen LogP contribution in [-0.2, 0) is 5.88 Å². The summed E-state index contributed by atoms with van der Waals surface area (Å²) in [5.41, 5.74) is 1.03. The highest BCUT2D eigenvalue weighted by Crippen LogP contribution is 2.14. The molecule has 0 unspecified atom stereocenters. The standard InChI is InChI=1S/C13H13ClN2O2/c1-2-17-11-6-3-10(4-7-11)5-8-12-15-16-13(9-14)18-12/h3-8H,2,9H2,1H3/b8-5+. The van der Waals surface area contributed by atoms with E-state index in [1.807, 2.05) is 37.3 Å². The maximum absolute atomic E-state index is 5.57. The number of hydrogen-bond donors (Lipinski definition) is 0. The van der Waals surface area contributed by atoms with Gasteiger partial charge in [-0.05, 0) is 30.7 Å². The molecule has 0 spiro atoms. The lowest BCUT2D eigenvalue weighted by Crippen LogP contribution is -1.90. The van der Waals surface area contributed by atoms with Crippen LogP contribution in [0.5, 0.6) is 5.75 Å². The van der Waals surface area contributed by atoms with Crippen LogP contribution < -0.4 is 4.74 Å². The van der Waals surface area contributed by atoms with Crippen molar-refractivity contribution in [1.82, 2.24) is 10.2 Å². The highest BCUT2D eigenvalue weighted by molar-refractivity contribution is 6.16. The molecule has 0 bridgehead atoms. The summed E-state index contributed by atoms with van der Waals surface area (Å²) in [6, 6.07) is 7.75. The van der Waals surface area contributed by atoms with Crippen LogP contribution in [0.15, 0.2) is 28.7 Å². The molecule has 1 aromatic carbocycles. The van der Waals surface area contributed by atoms with Gasteiger partial charge in [0.1, 0.15) is 11.6 Å². The Labute approximate surface area is 110 Å². The predicted molar refractivity (Wildman–Crippen MR) is 70.4 cm³/mol. The van der Waals surface area contributed by atoms with Crippen molar-refractivity contribution < 1.29 is 9.15 Å². The van der Waals surface area contributed by atoms with Crippen molar-refractivity contribution in [1.29, 1.82) is 0 Å². The quantitative estimate of drug-likeness (QED) is 0.777. The van der Waals surface area contributed by atoms with Crippen LogP contribution >= 0.6 is 11.6 Å². The van der Waals surface area contributed by atoms with Crippen molar-refractivity contribution in [2.75, 3.05) is 6.61 Å². The highest BCUT2D eigenvalue weighted by Gasteiger charge is 2.00. The van der Waals surface area contributed by atoms with Crippen LogP contribution in [0.1, 0.15) is 24.3 Å². The minimum Gasteiger partial charge on any atom is -0.494 e. The molecule has 2 rings (SSSR count). The molecule has 4 nitrogen and oxygen atoms in total. The molecule has 0 N–H and O–H groups in total. The molecule has 0 aliphatic heterocycles. The smallest absolute Gasteiger partial charge is 0.240 e. The second kappa shape index (κ2) is 6.21. The van der Waals surface area contributed by atoms with Gasteiger partial charge in [0.25, 0.3) is 0 Å². The zero-order valence-electron chi connectivity index (χ0n) is 9.97. The van der Waals surface area contributed by atoms with Gasteiger partial charge in [-0.25, -0.2) is 0 Å². The molecule has 2 aromatic rings. The largest absolute Gasteiger partial charge is 0.494 e. The Morgan fingerprint density at radius 2 is 2.00 bits per heavy atom. The SMILES string of the molecule is CCOc1ccc(/C=C/c2nnc(CCl)o2)cc1. The zero-order valence-corrected chi connectivity index (χ0v) is 10.7. The van der Waals surface area contributed by atoms with Gasteiger partial charge in [0, 0.05) is 6.08 Å². The second-order valence-electron chi connectivity index (χ2n) is 3.50. The fourth-order valence-corrected chi connectivity index (χ4v) is 1.51. The fourth-order valence-electron chi connectivity index (χ4n) is 1.40. The molecular weight excluding hydrogens is 252 g/mol. The summed E-state index contributed by atoms with van der Waals surface area (Å²) in [7, 11) is 0. The first-order valence-corrected chi connectivity index (χ1v) is 6.14. The lowest BCUT2D eigenvalue weighted by atomic mass is 10.2. The topological polar surface area (TPSA) is 48.2 Å². The molecule has 94 valence electrons. The van der Waals surface area contributed by atoms with Crippen LogP contribution in [-0.4, -0.2) is 16.8 Å². The number of rotatable bonds is 5. The van der Waals surface area contributed by atoms with Crippen LogP contribution in [0.3, 0.4) is 0 Å². The third kappa shape index (κ3) is 3.34. The average molecular weight is 265 g/mol. The molecule has 0 saturated carbocycles. The second-order valence-corrected chi connectivity index (χ2v) is 3.77. The van der Waals surface area contributed by atoms with Gasteiger partial charge in [0.05, 0.1) is 6.61 Å². The van der Waals surface area contributed by atoms with Gasteiger partial charge in [-0.3, -0.25) is 0 Å². The lowest BCUT2D eigenvalue weighted by molar-refractivity contribution is 0.340. The van der Waals surface area contributed by atoms with E-state index in [0.717, 1.165) is 11.3 Å². The Morgan fingerprint density at radius 3 is 2.61 bits per heavy atom. The van der Waals surface area contributed by atoms with E-state index in [9.17, 15) is 0 Å². The Kier molecular flexibility index (Phi) is 4.36. The maximum Gasteiger partial charge on any atom is 0.240 e. The van der Waals surface area contributed by atoms with Gasteiger partial charge >= 0.3 is 0 Å². The first-order chi connectivity index (χ1) is 8.81. The molecule has 0 radical (unpaired) electrons. The van der Waals surface area contributed by atoms with E-state index in [1.54, 1.807) is 6.08 Å². The zero-order chi connectivity index (χ0) is 12.8. The normalized spacial score (nSPS) is 11.0. The van der Waals surface area contributed by atoms with Crippen LogP contribution in [0.2, 0.25) is 0 Å². The van der Waals surface area contributed by atoms with Gasteiger partial charge in [0.15, 0.2) is 0 Å². The molecule has 1 aromatic heterocycles. The molecule has 0 aliphatic rings. The first kappa shape index (κ1) is 12.6. The lowest BCUT2D eigenvalue weighted by Gasteiger charge is -2.01. The molecule has 0 aliphatic carbocycles. The summed E-state index contributed by atoms with van der Waals surface area (Å²) < 4.78 is 10.6. The Bertz CT molecular complexity index is 520. The van der Waals surface area contributed by atoms with Gasteiger partial charge < -0.3 is 9.15 Å². The monoisotopic (exact) mass is 264 g/mol. The minimum absolute atomic E-state index is 0.226. The molecular formula is C13H13ClN2O2. The summed E-state index contributed by atoms with van der Waals surface area (Å²) in [5.74, 6) is 1.95. The molecule has 0 atom stereocenters. The van der Waals surface area contributed by atoms with Crippen molar-refractivity contribution in [2.45, 2.75) is 12.8 Å². The number of alkyl halides is 1. The van der Waals surface area contributed by atoms with E-state index in [1.165, 1.54) is 0 Å². The summed E-state index contributed by atoms with van der Waals surface area (Å²) in [5, 5.41) is 7.60. The maximum atomic E-state index is 5.57. The third-order valence-electron chi connectivity index (χ3n) is 2.21. The highest BCUT2D eigenvalue weighted by atomic mass is 35.5. The molecule has 0 amide bonds. The van der Waals surface area contributed by atoms with Crippen LogP contribution in [0.25, 0.3) is 12.2 Å². The van der Waals surface area contributed by atoms with E-state index in [-0.39, 0.29) is 5.88 Å². The van der Waals surface area contributed by atoms with E-state index >= 15 is 0 Å². The number of aromatic nitrogens is 2. The predicted octanol–water partition coefficient (Wildman–Crippen LogP) is 3.38. The molecule has 18 heavy (non-hydrogen) atoms. The summed E-state index contributed by atoms with van der Waals surface area (Å²) in [6.45, 7) is 2.62. The number of benzene rings is 1. The van der Waals surface area contributed by atoms with Gasteiger partial charge in [0.2, 0.25) is 11.8 Å². The Hall–Kier alpha value is -1.81. The van der Waals surface area contributed by atoms with Gasteiger partial charge in [-0.15, -0.1) is 21.8 Å². The van der Waals surface area contributed by atoms with E-state index in [4.69, 9.17) is 20.8 Å². The van der Waals surface area contributed by atoms with Crippen molar-refractivity contribution >= 4 is 23.8 Å². The summed E-state index contributed by atoms with van der Waals surface area (Å²) in [4.78, 5) is 0. The number of hydrogen-bond acceptors (Lipinski definition) is 4. The molecule has 1 heterocycles. The Morgan fingerprint density at radius 1 is 1.22 bits per heavy atom. The van der Waals surface area contributed by atoms with Crippen molar-refractivity contribution in [2.24, 2.45) is 0 Å². The molecule has 0 fully saturated rings. The van der Waals surface area contributed by atoms with Gasteiger partial charge in [-0.2, -0.15) is 0 Å². The number of ether oxygens (including phenoxy) is 1.